The zero-order valence-corrected chi connectivity index (χ0v) is 12.4. The van der Waals surface area contributed by atoms with E-state index in [0.717, 1.165) is 10.5 Å². The minimum absolute atomic E-state index is 0.145. The normalized spacial score (nSPS) is 11.6. The molecule has 0 amide bonds. The minimum Gasteiger partial charge on any atom is -0.477 e. The summed E-state index contributed by atoms with van der Waals surface area (Å²) in [6, 6.07) is 7.51. The van der Waals surface area contributed by atoms with Crippen LogP contribution in [-0.2, 0) is 11.9 Å². The van der Waals surface area contributed by atoms with Crippen LogP contribution < -0.4 is 0 Å². The van der Waals surface area contributed by atoms with Gasteiger partial charge in [0.25, 0.3) is 0 Å². The van der Waals surface area contributed by atoms with Gasteiger partial charge in [0.2, 0.25) is 0 Å². The van der Waals surface area contributed by atoms with Gasteiger partial charge < -0.3 is 5.11 Å². The van der Waals surface area contributed by atoms with E-state index < -0.39 is 22.7 Å². The fourth-order valence-corrected chi connectivity index (χ4v) is 3.54. The maximum Gasteiger partial charge on any atom is 0.435 e. The Kier molecular flexibility index (Phi) is 4.58. The second-order valence-electron chi connectivity index (χ2n) is 4.19. The third-order valence-electron chi connectivity index (χ3n) is 2.49. The van der Waals surface area contributed by atoms with Crippen LogP contribution in [0, 0.1) is 6.92 Å². The number of aryl methyl sites for hydroxylation is 1. The summed E-state index contributed by atoms with van der Waals surface area (Å²) in [6.07, 6.45) is -4.75. The first-order valence-electron chi connectivity index (χ1n) is 5.77. The van der Waals surface area contributed by atoms with E-state index in [1.165, 1.54) is 11.8 Å². The van der Waals surface area contributed by atoms with Gasteiger partial charge in [-0.05, 0) is 19.1 Å². The van der Waals surface area contributed by atoms with Crippen LogP contribution >= 0.6 is 23.1 Å². The fraction of sp³-hybridized carbons (Fsp3) is 0.231. The quantitative estimate of drug-likeness (QED) is 0.839. The lowest BCUT2D eigenvalue weighted by Gasteiger charge is -2.02. The van der Waals surface area contributed by atoms with Crippen LogP contribution in [0.1, 0.15) is 25.9 Å². The molecule has 21 heavy (non-hydrogen) atoms. The van der Waals surface area contributed by atoms with Gasteiger partial charge in [-0.2, -0.15) is 13.2 Å². The van der Waals surface area contributed by atoms with Crippen molar-refractivity contribution >= 4 is 29.1 Å². The minimum atomic E-state index is -4.75. The number of aromatic nitrogens is 1. The highest BCUT2D eigenvalue weighted by Crippen LogP contribution is 2.36. The summed E-state index contributed by atoms with van der Waals surface area (Å²) in [5, 5.41) is 8.97. The predicted octanol–water partition coefficient (Wildman–Crippen LogP) is 4.46. The van der Waals surface area contributed by atoms with Crippen molar-refractivity contribution < 1.29 is 23.1 Å². The molecule has 0 fully saturated rings. The summed E-state index contributed by atoms with van der Waals surface area (Å²) in [4.78, 5) is 14.4. The number of hydrogen-bond acceptors (Lipinski definition) is 4. The first kappa shape index (κ1) is 15.8. The topological polar surface area (TPSA) is 50.2 Å². The highest BCUT2D eigenvalue weighted by Gasteiger charge is 2.39. The lowest BCUT2D eigenvalue weighted by Crippen LogP contribution is -2.11. The summed E-state index contributed by atoms with van der Waals surface area (Å²) in [5.41, 5.74) is -0.277. The average Bonchev–Trinajstić information content (AvgIpc) is 2.81. The van der Waals surface area contributed by atoms with E-state index in [1.807, 2.05) is 31.2 Å². The number of carbonyl (C=O) groups is 1. The lowest BCUT2D eigenvalue weighted by atomic mass is 10.2. The Bertz CT molecular complexity index is 668. The van der Waals surface area contributed by atoms with Crippen molar-refractivity contribution in [2.24, 2.45) is 0 Å². The highest BCUT2D eigenvalue weighted by molar-refractivity contribution is 7.98. The Labute approximate surface area is 126 Å². The van der Waals surface area contributed by atoms with Gasteiger partial charge in [-0.1, -0.05) is 17.7 Å². The Hall–Kier alpha value is -1.54. The molecule has 0 aliphatic heterocycles. The van der Waals surface area contributed by atoms with E-state index in [-0.39, 0.29) is 10.8 Å². The SMILES string of the molecule is Cc1cccc(SCc2nc(C(F)(F)F)c(C(=O)O)s2)c1. The van der Waals surface area contributed by atoms with Gasteiger partial charge in [-0.25, -0.2) is 9.78 Å². The first-order chi connectivity index (χ1) is 9.77. The van der Waals surface area contributed by atoms with Crippen LogP contribution in [0.5, 0.6) is 0 Å². The maximum atomic E-state index is 12.7. The van der Waals surface area contributed by atoms with Crippen molar-refractivity contribution in [1.29, 1.82) is 0 Å². The predicted molar refractivity (Wildman–Crippen MR) is 74.8 cm³/mol. The van der Waals surface area contributed by atoms with E-state index in [1.54, 1.807) is 0 Å². The number of benzene rings is 1. The van der Waals surface area contributed by atoms with E-state index >= 15 is 0 Å². The molecule has 1 aromatic heterocycles. The van der Waals surface area contributed by atoms with Crippen molar-refractivity contribution in [3.63, 3.8) is 0 Å². The molecule has 1 heterocycles. The summed E-state index contributed by atoms with van der Waals surface area (Å²) >= 11 is 1.89. The first-order valence-corrected chi connectivity index (χ1v) is 7.57. The standard InChI is InChI=1S/C13H10F3NO2S2/c1-7-3-2-4-8(5-7)20-6-9-17-11(13(14,15)16)10(21-9)12(18)19/h2-5H,6H2,1H3,(H,18,19). The van der Waals surface area contributed by atoms with Crippen LogP contribution in [0.25, 0.3) is 0 Å². The average molecular weight is 333 g/mol. The number of hydrogen-bond donors (Lipinski definition) is 1. The molecule has 2 rings (SSSR count). The molecule has 0 radical (unpaired) electrons. The number of thiazole rings is 1. The van der Waals surface area contributed by atoms with E-state index in [0.29, 0.717) is 11.3 Å². The maximum absolute atomic E-state index is 12.7. The highest BCUT2D eigenvalue weighted by atomic mass is 32.2. The molecule has 8 heteroatoms. The zero-order chi connectivity index (χ0) is 15.6. The second kappa shape index (κ2) is 6.07. The van der Waals surface area contributed by atoms with Crippen LogP contribution in [0.4, 0.5) is 13.2 Å². The van der Waals surface area contributed by atoms with E-state index in [4.69, 9.17) is 5.11 Å². The smallest absolute Gasteiger partial charge is 0.435 e. The molecule has 0 saturated heterocycles. The van der Waals surface area contributed by atoms with Gasteiger partial charge in [0, 0.05) is 4.90 Å². The molecule has 2 aromatic rings. The van der Waals surface area contributed by atoms with Crippen LogP contribution in [0.3, 0.4) is 0 Å². The van der Waals surface area contributed by atoms with E-state index in [9.17, 15) is 18.0 Å². The summed E-state index contributed by atoms with van der Waals surface area (Å²) in [5.74, 6) is -1.41. The molecule has 0 bridgehead atoms. The molecule has 0 aliphatic carbocycles. The molecule has 1 N–H and O–H groups in total. The number of carboxylic acid groups (broad SMARTS) is 1. The molecular formula is C13H10F3NO2S2. The summed E-state index contributed by atoms with van der Waals surface area (Å²) in [7, 11) is 0. The van der Waals surface area contributed by atoms with Gasteiger partial charge in [0.15, 0.2) is 5.69 Å². The molecule has 0 atom stereocenters. The lowest BCUT2D eigenvalue weighted by molar-refractivity contribution is -0.141. The zero-order valence-electron chi connectivity index (χ0n) is 10.8. The van der Waals surface area contributed by atoms with Gasteiger partial charge >= 0.3 is 12.1 Å². The molecule has 0 aliphatic rings. The van der Waals surface area contributed by atoms with Crippen molar-refractivity contribution in [1.82, 2.24) is 4.98 Å². The Morgan fingerprint density at radius 3 is 2.67 bits per heavy atom. The van der Waals surface area contributed by atoms with Crippen molar-refractivity contribution in [2.75, 3.05) is 0 Å². The Morgan fingerprint density at radius 1 is 1.43 bits per heavy atom. The molecular weight excluding hydrogens is 323 g/mol. The second-order valence-corrected chi connectivity index (χ2v) is 6.33. The van der Waals surface area contributed by atoms with Crippen LogP contribution in [0.15, 0.2) is 29.2 Å². The van der Waals surface area contributed by atoms with Gasteiger partial charge in [0.1, 0.15) is 9.88 Å². The Balaban J connectivity index is 2.20. The number of alkyl halides is 3. The van der Waals surface area contributed by atoms with Gasteiger partial charge in [-0.3, -0.25) is 0 Å². The molecule has 112 valence electrons. The summed E-state index contributed by atoms with van der Waals surface area (Å²) in [6.45, 7) is 1.91. The van der Waals surface area contributed by atoms with Crippen molar-refractivity contribution in [2.45, 2.75) is 23.7 Å². The fourth-order valence-electron chi connectivity index (χ4n) is 1.61. The molecule has 1 aromatic carbocycles. The van der Waals surface area contributed by atoms with Crippen LogP contribution in [0.2, 0.25) is 0 Å². The third-order valence-corrected chi connectivity index (χ3v) is 4.72. The molecule has 0 unspecified atom stereocenters. The number of thioether (sulfide) groups is 1. The third kappa shape index (κ3) is 3.98. The molecule has 0 spiro atoms. The molecule has 3 nitrogen and oxygen atoms in total. The number of aromatic carboxylic acids is 1. The number of nitrogens with zero attached hydrogens (tertiary/aromatic N) is 1. The van der Waals surface area contributed by atoms with Crippen LogP contribution in [-0.4, -0.2) is 16.1 Å². The summed E-state index contributed by atoms with van der Waals surface area (Å²) < 4.78 is 38.1. The Morgan fingerprint density at radius 2 is 2.14 bits per heavy atom. The largest absolute Gasteiger partial charge is 0.477 e. The van der Waals surface area contributed by atoms with E-state index in [2.05, 4.69) is 4.98 Å². The van der Waals surface area contributed by atoms with Crippen molar-refractivity contribution in [3.05, 3.63) is 45.4 Å². The number of carboxylic acids is 1. The van der Waals surface area contributed by atoms with Gasteiger partial charge in [-0.15, -0.1) is 23.1 Å². The number of rotatable bonds is 4. The monoisotopic (exact) mass is 333 g/mol. The molecule has 0 saturated carbocycles. The number of halogens is 3. The van der Waals surface area contributed by atoms with Crippen molar-refractivity contribution in [3.8, 4) is 0 Å². The van der Waals surface area contributed by atoms with Gasteiger partial charge in [0.05, 0.1) is 5.75 Å².